The minimum Gasteiger partial charge on any atom is -0.325 e. The summed E-state index contributed by atoms with van der Waals surface area (Å²) in [7, 11) is 0. The van der Waals surface area contributed by atoms with Crippen LogP contribution in [0.5, 0.6) is 0 Å². The topological polar surface area (TPSA) is 58.2 Å². The van der Waals surface area contributed by atoms with Gasteiger partial charge in [-0.3, -0.25) is 9.59 Å². The zero-order valence-corrected chi connectivity index (χ0v) is 17.7. The fourth-order valence-corrected chi connectivity index (χ4v) is 3.71. The maximum atomic E-state index is 12.5. The van der Waals surface area contributed by atoms with Gasteiger partial charge in [0.1, 0.15) is 0 Å². The van der Waals surface area contributed by atoms with E-state index in [9.17, 15) is 9.59 Å². The van der Waals surface area contributed by atoms with Crippen LogP contribution in [0.1, 0.15) is 21.5 Å². The van der Waals surface area contributed by atoms with Crippen LogP contribution >= 0.6 is 23.4 Å². The number of benzene rings is 3. The lowest BCUT2D eigenvalue weighted by Crippen LogP contribution is -2.15. The first-order chi connectivity index (χ1) is 13.9. The maximum Gasteiger partial charge on any atom is 0.255 e. The second kappa shape index (κ2) is 9.63. The molecule has 0 aliphatic carbocycles. The van der Waals surface area contributed by atoms with Crippen molar-refractivity contribution in [2.75, 3.05) is 16.4 Å². The zero-order chi connectivity index (χ0) is 20.8. The van der Waals surface area contributed by atoms with Gasteiger partial charge in [0.15, 0.2) is 0 Å². The first-order valence-corrected chi connectivity index (χ1v) is 10.4. The lowest BCUT2D eigenvalue weighted by molar-refractivity contribution is -0.113. The fourth-order valence-electron chi connectivity index (χ4n) is 2.77. The molecule has 0 bridgehead atoms. The smallest absolute Gasteiger partial charge is 0.255 e. The predicted molar refractivity (Wildman–Crippen MR) is 121 cm³/mol. The second-order valence-electron chi connectivity index (χ2n) is 6.61. The number of anilines is 2. The third-order valence-electron chi connectivity index (χ3n) is 4.26. The Hall–Kier alpha value is -2.76. The number of thioether (sulfide) groups is 1. The van der Waals surface area contributed by atoms with Gasteiger partial charge >= 0.3 is 0 Å². The minimum absolute atomic E-state index is 0.0965. The molecule has 6 heteroatoms. The molecule has 0 saturated carbocycles. The summed E-state index contributed by atoms with van der Waals surface area (Å²) in [6.07, 6.45) is 0. The number of hydrogen-bond donors (Lipinski definition) is 2. The molecule has 2 N–H and O–H groups in total. The van der Waals surface area contributed by atoms with Gasteiger partial charge in [0.05, 0.1) is 11.4 Å². The van der Waals surface area contributed by atoms with Gasteiger partial charge in [-0.25, -0.2) is 0 Å². The zero-order valence-electron chi connectivity index (χ0n) is 16.2. The molecular weight excluding hydrogens is 404 g/mol. The van der Waals surface area contributed by atoms with Gasteiger partial charge in [0.25, 0.3) is 5.91 Å². The number of nitrogens with one attached hydrogen (secondary N) is 2. The van der Waals surface area contributed by atoms with E-state index in [1.54, 1.807) is 24.3 Å². The number of aryl methyl sites for hydroxylation is 2. The summed E-state index contributed by atoms with van der Waals surface area (Å²) in [4.78, 5) is 25.7. The Balaban J connectivity index is 1.63. The molecule has 0 aromatic heterocycles. The lowest BCUT2D eigenvalue weighted by atomic mass is 10.1. The molecule has 0 radical (unpaired) electrons. The summed E-state index contributed by atoms with van der Waals surface area (Å²) in [6, 6.07) is 20.0. The van der Waals surface area contributed by atoms with Crippen molar-refractivity contribution in [1.82, 2.24) is 0 Å². The normalized spacial score (nSPS) is 10.4. The molecule has 4 nitrogen and oxygen atoms in total. The Bertz CT molecular complexity index is 1040. The average Bonchev–Trinajstić information content (AvgIpc) is 2.70. The molecule has 2 amide bonds. The number of rotatable bonds is 6. The van der Waals surface area contributed by atoms with Gasteiger partial charge < -0.3 is 10.6 Å². The van der Waals surface area contributed by atoms with Crippen LogP contribution in [0.2, 0.25) is 5.02 Å². The molecule has 0 atom stereocenters. The number of halogens is 1. The van der Waals surface area contributed by atoms with E-state index in [0.29, 0.717) is 16.3 Å². The van der Waals surface area contributed by atoms with Crippen molar-refractivity contribution in [3.05, 3.63) is 88.4 Å². The van der Waals surface area contributed by atoms with Crippen molar-refractivity contribution >= 4 is 46.6 Å². The standard InChI is InChI=1S/C23H21ClN2O2S/c1-15-7-12-19(16(2)13-15)25-22(27)14-29-21-6-4-3-5-20(21)26-23(28)17-8-10-18(24)11-9-17/h3-13H,14H2,1-2H3,(H,25,27)(H,26,28). The van der Waals surface area contributed by atoms with E-state index in [2.05, 4.69) is 10.6 Å². The average molecular weight is 425 g/mol. The molecule has 3 rings (SSSR count). The minimum atomic E-state index is -0.227. The van der Waals surface area contributed by atoms with E-state index in [0.717, 1.165) is 21.7 Å². The molecule has 0 spiro atoms. The number of para-hydroxylation sites is 1. The summed E-state index contributed by atoms with van der Waals surface area (Å²) in [5.41, 5.74) is 4.17. The van der Waals surface area contributed by atoms with Crippen LogP contribution in [0.4, 0.5) is 11.4 Å². The highest BCUT2D eigenvalue weighted by Crippen LogP contribution is 2.28. The fraction of sp³-hybridized carbons (Fsp3) is 0.130. The molecule has 148 valence electrons. The van der Waals surface area contributed by atoms with Crippen molar-refractivity contribution < 1.29 is 9.59 Å². The molecule has 0 saturated heterocycles. The predicted octanol–water partition coefficient (Wildman–Crippen LogP) is 5.94. The molecule has 0 aliphatic heterocycles. The van der Waals surface area contributed by atoms with Crippen LogP contribution in [0.25, 0.3) is 0 Å². The molecule has 3 aromatic carbocycles. The van der Waals surface area contributed by atoms with E-state index in [-0.39, 0.29) is 17.6 Å². The Morgan fingerprint density at radius 2 is 1.62 bits per heavy atom. The first-order valence-electron chi connectivity index (χ1n) is 9.08. The SMILES string of the molecule is Cc1ccc(NC(=O)CSc2ccccc2NC(=O)c2ccc(Cl)cc2)c(C)c1. The van der Waals surface area contributed by atoms with Crippen LogP contribution in [0, 0.1) is 13.8 Å². The number of carbonyl (C=O) groups excluding carboxylic acids is 2. The highest BCUT2D eigenvalue weighted by atomic mass is 35.5. The van der Waals surface area contributed by atoms with E-state index in [1.165, 1.54) is 11.8 Å². The van der Waals surface area contributed by atoms with Crippen molar-refractivity contribution in [2.45, 2.75) is 18.7 Å². The van der Waals surface area contributed by atoms with Crippen LogP contribution < -0.4 is 10.6 Å². The molecule has 0 unspecified atom stereocenters. The number of amides is 2. The summed E-state index contributed by atoms with van der Waals surface area (Å²) in [5, 5.41) is 6.42. The number of carbonyl (C=O) groups is 2. The van der Waals surface area contributed by atoms with Crippen LogP contribution in [0.15, 0.2) is 71.6 Å². The quantitative estimate of drug-likeness (QED) is 0.481. The van der Waals surface area contributed by atoms with Gasteiger partial charge in [0, 0.05) is 21.2 Å². The van der Waals surface area contributed by atoms with Gasteiger partial charge in [0.2, 0.25) is 5.91 Å². The summed E-state index contributed by atoms with van der Waals surface area (Å²) in [6.45, 7) is 3.99. The summed E-state index contributed by atoms with van der Waals surface area (Å²) in [5.74, 6) is -0.0866. The molecule has 0 aliphatic rings. The molecule has 0 heterocycles. The molecule has 3 aromatic rings. The van der Waals surface area contributed by atoms with Crippen molar-refractivity contribution in [2.24, 2.45) is 0 Å². The number of hydrogen-bond acceptors (Lipinski definition) is 3. The van der Waals surface area contributed by atoms with Crippen LogP contribution in [0.3, 0.4) is 0 Å². The summed E-state index contributed by atoms with van der Waals surface area (Å²) >= 11 is 7.25. The largest absolute Gasteiger partial charge is 0.325 e. The monoisotopic (exact) mass is 424 g/mol. The molecule has 0 fully saturated rings. The van der Waals surface area contributed by atoms with Crippen molar-refractivity contribution in [3.8, 4) is 0 Å². The van der Waals surface area contributed by atoms with Gasteiger partial charge in [-0.1, -0.05) is 41.4 Å². The van der Waals surface area contributed by atoms with Gasteiger partial charge in [-0.2, -0.15) is 0 Å². The Morgan fingerprint density at radius 1 is 0.897 bits per heavy atom. The van der Waals surface area contributed by atoms with Crippen LogP contribution in [-0.4, -0.2) is 17.6 Å². The summed E-state index contributed by atoms with van der Waals surface area (Å²) < 4.78 is 0. The van der Waals surface area contributed by atoms with Crippen LogP contribution in [-0.2, 0) is 4.79 Å². The van der Waals surface area contributed by atoms with E-state index in [4.69, 9.17) is 11.6 Å². The van der Waals surface area contributed by atoms with Crippen molar-refractivity contribution in [1.29, 1.82) is 0 Å². The molecule has 29 heavy (non-hydrogen) atoms. The van der Waals surface area contributed by atoms with Crippen molar-refractivity contribution in [3.63, 3.8) is 0 Å². The Kier molecular flexibility index (Phi) is 6.96. The Labute approximate surface area is 179 Å². The third kappa shape index (κ3) is 5.86. The first kappa shape index (κ1) is 21.0. The van der Waals surface area contributed by atoms with E-state index in [1.807, 2.05) is 56.3 Å². The van der Waals surface area contributed by atoms with E-state index >= 15 is 0 Å². The van der Waals surface area contributed by atoms with Gasteiger partial charge in [-0.15, -0.1) is 11.8 Å². The molecular formula is C23H21ClN2O2S. The maximum absolute atomic E-state index is 12.5. The highest BCUT2D eigenvalue weighted by molar-refractivity contribution is 8.00. The second-order valence-corrected chi connectivity index (χ2v) is 8.07. The Morgan fingerprint density at radius 3 is 2.34 bits per heavy atom. The highest BCUT2D eigenvalue weighted by Gasteiger charge is 2.11. The van der Waals surface area contributed by atoms with Gasteiger partial charge in [-0.05, 0) is 61.9 Å². The third-order valence-corrected chi connectivity index (χ3v) is 5.58. The van der Waals surface area contributed by atoms with E-state index < -0.39 is 0 Å². The lowest BCUT2D eigenvalue weighted by Gasteiger charge is -2.12.